The summed E-state index contributed by atoms with van der Waals surface area (Å²) in [6.07, 6.45) is 0. The molecule has 0 saturated heterocycles. The van der Waals surface area contributed by atoms with Gasteiger partial charge in [0.2, 0.25) is 0 Å². The molecular weight excluding hydrogens is 264 g/mol. The summed E-state index contributed by atoms with van der Waals surface area (Å²) in [4.78, 5) is 2.07. The zero-order valence-electron chi connectivity index (χ0n) is 12.9. The van der Waals surface area contributed by atoms with Crippen molar-refractivity contribution in [2.45, 2.75) is 13.0 Å². The van der Waals surface area contributed by atoms with Crippen LogP contribution in [0.4, 0.5) is 11.4 Å². The van der Waals surface area contributed by atoms with Crippen molar-refractivity contribution in [3.63, 3.8) is 0 Å². The minimum Gasteiger partial charge on any atom is -0.504 e. The molecule has 2 rings (SSSR count). The van der Waals surface area contributed by atoms with Crippen LogP contribution in [0.5, 0.6) is 11.5 Å². The van der Waals surface area contributed by atoms with Crippen molar-refractivity contribution in [3.05, 3.63) is 48.0 Å². The molecule has 2 aromatic rings. The number of phenolic OH excluding ortho intramolecular Hbond substituents is 1. The van der Waals surface area contributed by atoms with Crippen molar-refractivity contribution in [2.24, 2.45) is 0 Å². The van der Waals surface area contributed by atoms with E-state index in [0.29, 0.717) is 5.75 Å². The fourth-order valence-electron chi connectivity index (χ4n) is 2.15. The number of benzene rings is 2. The minimum atomic E-state index is 0.115. The maximum Gasteiger partial charge on any atom is 0.160 e. The van der Waals surface area contributed by atoms with Crippen molar-refractivity contribution < 1.29 is 9.84 Å². The van der Waals surface area contributed by atoms with Crippen LogP contribution in [0.2, 0.25) is 0 Å². The normalized spacial score (nSPS) is 11.8. The highest BCUT2D eigenvalue weighted by molar-refractivity contribution is 5.55. The van der Waals surface area contributed by atoms with Crippen molar-refractivity contribution >= 4 is 11.4 Å². The number of hydrogen-bond donors (Lipinski definition) is 2. The molecule has 0 heterocycles. The summed E-state index contributed by atoms with van der Waals surface area (Å²) in [6.45, 7) is 2.08. The Balaban J connectivity index is 2.12. The minimum absolute atomic E-state index is 0.115. The maximum absolute atomic E-state index is 9.64. The standard InChI is InChI=1S/C17H22N2O2/c1-12(13-5-10-16(20)17(11-13)21-4)18-14-6-8-15(9-7-14)19(2)3/h5-12,18,20H,1-4H3. The van der Waals surface area contributed by atoms with Crippen molar-refractivity contribution in [1.29, 1.82) is 0 Å². The highest BCUT2D eigenvalue weighted by Gasteiger charge is 2.09. The molecule has 0 amide bonds. The lowest BCUT2D eigenvalue weighted by Gasteiger charge is -2.18. The molecule has 0 bridgehead atoms. The summed E-state index contributed by atoms with van der Waals surface area (Å²) in [5, 5.41) is 13.1. The molecule has 1 unspecified atom stereocenters. The second-order valence-electron chi connectivity index (χ2n) is 5.24. The summed E-state index contributed by atoms with van der Waals surface area (Å²) < 4.78 is 5.14. The molecule has 112 valence electrons. The third kappa shape index (κ3) is 3.60. The molecule has 0 fully saturated rings. The summed E-state index contributed by atoms with van der Waals surface area (Å²) in [6, 6.07) is 13.8. The van der Waals surface area contributed by atoms with Crippen molar-refractivity contribution in [2.75, 3.05) is 31.4 Å². The molecule has 2 N–H and O–H groups in total. The van der Waals surface area contributed by atoms with E-state index in [1.165, 1.54) is 5.69 Å². The van der Waals surface area contributed by atoms with E-state index in [2.05, 4.69) is 41.4 Å². The van der Waals surface area contributed by atoms with Crippen LogP contribution < -0.4 is 15.0 Å². The van der Waals surface area contributed by atoms with E-state index in [1.807, 2.05) is 26.2 Å². The van der Waals surface area contributed by atoms with Gasteiger partial charge in [-0.3, -0.25) is 0 Å². The molecule has 0 aromatic heterocycles. The molecule has 1 atom stereocenters. The molecule has 4 nitrogen and oxygen atoms in total. The first kappa shape index (κ1) is 15.0. The van der Waals surface area contributed by atoms with E-state index in [-0.39, 0.29) is 11.8 Å². The van der Waals surface area contributed by atoms with Gasteiger partial charge < -0.3 is 20.1 Å². The number of rotatable bonds is 5. The number of nitrogens with one attached hydrogen (secondary N) is 1. The number of phenols is 1. The van der Waals surface area contributed by atoms with E-state index in [0.717, 1.165) is 11.3 Å². The molecule has 4 heteroatoms. The third-order valence-corrected chi connectivity index (χ3v) is 3.47. The Morgan fingerprint density at radius 2 is 1.76 bits per heavy atom. The predicted octanol–water partition coefficient (Wildman–Crippen LogP) is 3.64. The SMILES string of the molecule is COc1cc(C(C)Nc2ccc(N(C)C)cc2)ccc1O. The lowest BCUT2D eigenvalue weighted by atomic mass is 10.1. The van der Waals surface area contributed by atoms with Gasteiger partial charge in [0.15, 0.2) is 11.5 Å². The van der Waals surface area contributed by atoms with E-state index in [4.69, 9.17) is 4.74 Å². The Morgan fingerprint density at radius 1 is 1.10 bits per heavy atom. The molecular formula is C17H22N2O2. The molecule has 0 aliphatic rings. The van der Waals surface area contributed by atoms with Gasteiger partial charge in [0.05, 0.1) is 7.11 Å². The van der Waals surface area contributed by atoms with Crippen LogP contribution in [0, 0.1) is 0 Å². The molecule has 0 aliphatic heterocycles. The summed E-state index contributed by atoms with van der Waals surface area (Å²) in [5.74, 6) is 0.646. The predicted molar refractivity (Wildman–Crippen MR) is 87.5 cm³/mol. The van der Waals surface area contributed by atoms with Gasteiger partial charge in [-0.15, -0.1) is 0 Å². The zero-order chi connectivity index (χ0) is 15.4. The fraction of sp³-hybridized carbons (Fsp3) is 0.294. The van der Waals surface area contributed by atoms with Gasteiger partial charge in [0, 0.05) is 31.5 Å². The number of anilines is 2. The van der Waals surface area contributed by atoms with Gasteiger partial charge in [-0.2, -0.15) is 0 Å². The molecule has 0 spiro atoms. The Morgan fingerprint density at radius 3 is 2.33 bits per heavy atom. The first-order valence-electron chi connectivity index (χ1n) is 6.92. The summed E-state index contributed by atoms with van der Waals surface area (Å²) in [5.41, 5.74) is 3.28. The molecule has 0 saturated carbocycles. The van der Waals surface area contributed by atoms with E-state index < -0.39 is 0 Å². The van der Waals surface area contributed by atoms with Gasteiger partial charge in [0.1, 0.15) is 0 Å². The summed E-state index contributed by atoms with van der Waals surface area (Å²) in [7, 11) is 5.60. The first-order chi connectivity index (χ1) is 10.0. The van der Waals surface area contributed by atoms with Gasteiger partial charge in [-0.25, -0.2) is 0 Å². The molecule has 2 aromatic carbocycles. The van der Waals surface area contributed by atoms with Gasteiger partial charge in [-0.1, -0.05) is 6.07 Å². The lowest BCUT2D eigenvalue weighted by molar-refractivity contribution is 0.373. The Kier molecular flexibility index (Phi) is 4.58. The van der Waals surface area contributed by atoms with Crippen LogP contribution in [0.3, 0.4) is 0 Å². The highest BCUT2D eigenvalue weighted by Crippen LogP contribution is 2.30. The topological polar surface area (TPSA) is 44.7 Å². The molecule has 21 heavy (non-hydrogen) atoms. The van der Waals surface area contributed by atoms with Crippen LogP contribution in [-0.2, 0) is 0 Å². The quantitative estimate of drug-likeness (QED) is 0.881. The highest BCUT2D eigenvalue weighted by atomic mass is 16.5. The molecule has 0 aliphatic carbocycles. The van der Waals surface area contributed by atoms with Crippen LogP contribution in [0.1, 0.15) is 18.5 Å². The Labute approximate surface area is 126 Å². The number of hydrogen-bond acceptors (Lipinski definition) is 4. The Hall–Kier alpha value is -2.36. The monoisotopic (exact) mass is 286 g/mol. The lowest BCUT2D eigenvalue weighted by Crippen LogP contribution is -2.09. The van der Waals surface area contributed by atoms with E-state index >= 15 is 0 Å². The largest absolute Gasteiger partial charge is 0.504 e. The van der Waals surface area contributed by atoms with Gasteiger partial charge >= 0.3 is 0 Å². The summed E-state index contributed by atoms with van der Waals surface area (Å²) >= 11 is 0. The first-order valence-corrected chi connectivity index (χ1v) is 6.92. The average molecular weight is 286 g/mol. The average Bonchev–Trinajstić information content (AvgIpc) is 2.48. The van der Waals surface area contributed by atoms with Crippen molar-refractivity contribution in [3.8, 4) is 11.5 Å². The van der Waals surface area contributed by atoms with Gasteiger partial charge in [-0.05, 0) is 48.9 Å². The second-order valence-corrected chi connectivity index (χ2v) is 5.24. The van der Waals surface area contributed by atoms with Crippen LogP contribution in [-0.4, -0.2) is 26.3 Å². The van der Waals surface area contributed by atoms with Crippen molar-refractivity contribution in [1.82, 2.24) is 0 Å². The fourth-order valence-corrected chi connectivity index (χ4v) is 2.15. The Bertz CT molecular complexity index is 594. The number of aromatic hydroxyl groups is 1. The number of nitrogens with zero attached hydrogens (tertiary/aromatic N) is 1. The number of ether oxygens (including phenoxy) is 1. The zero-order valence-corrected chi connectivity index (χ0v) is 12.9. The maximum atomic E-state index is 9.64. The smallest absolute Gasteiger partial charge is 0.160 e. The second kappa shape index (κ2) is 6.39. The van der Waals surface area contributed by atoms with Crippen LogP contribution >= 0.6 is 0 Å². The van der Waals surface area contributed by atoms with Crippen LogP contribution in [0.25, 0.3) is 0 Å². The third-order valence-electron chi connectivity index (χ3n) is 3.47. The van der Waals surface area contributed by atoms with Crippen LogP contribution in [0.15, 0.2) is 42.5 Å². The number of methoxy groups -OCH3 is 1. The molecule has 0 radical (unpaired) electrons. The van der Waals surface area contributed by atoms with E-state index in [1.54, 1.807) is 13.2 Å². The van der Waals surface area contributed by atoms with E-state index in [9.17, 15) is 5.11 Å². The van der Waals surface area contributed by atoms with Gasteiger partial charge in [0.25, 0.3) is 0 Å².